The van der Waals surface area contributed by atoms with Gasteiger partial charge in [0.2, 0.25) is 5.91 Å². The van der Waals surface area contributed by atoms with E-state index in [2.05, 4.69) is 4.98 Å². The van der Waals surface area contributed by atoms with E-state index in [9.17, 15) is 14.9 Å². The summed E-state index contributed by atoms with van der Waals surface area (Å²) >= 11 is 1.36. The molecule has 2 heterocycles. The van der Waals surface area contributed by atoms with Gasteiger partial charge in [0.15, 0.2) is 0 Å². The molecule has 1 amide bonds. The van der Waals surface area contributed by atoms with E-state index in [0.29, 0.717) is 18.8 Å². The van der Waals surface area contributed by atoms with Crippen LogP contribution in [-0.2, 0) is 17.9 Å². The molecule has 1 aromatic carbocycles. The van der Waals surface area contributed by atoms with Gasteiger partial charge in [0, 0.05) is 36.0 Å². The first-order chi connectivity index (χ1) is 13.5. The molecule has 8 heteroatoms. The Morgan fingerprint density at radius 1 is 1.21 bits per heavy atom. The van der Waals surface area contributed by atoms with Crippen molar-refractivity contribution >= 4 is 23.4 Å². The van der Waals surface area contributed by atoms with Gasteiger partial charge in [-0.15, -0.1) is 11.8 Å². The number of nitrogens with zero attached hydrogens (tertiary/aromatic N) is 3. The molecule has 0 N–H and O–H groups in total. The van der Waals surface area contributed by atoms with Gasteiger partial charge in [0.05, 0.1) is 23.0 Å². The molecule has 0 spiro atoms. The summed E-state index contributed by atoms with van der Waals surface area (Å²) in [6.45, 7) is 2.59. The van der Waals surface area contributed by atoms with E-state index in [4.69, 9.17) is 4.42 Å². The summed E-state index contributed by atoms with van der Waals surface area (Å²) in [5, 5.41) is 10.4. The molecule has 0 bridgehead atoms. The van der Waals surface area contributed by atoms with E-state index in [1.54, 1.807) is 41.8 Å². The van der Waals surface area contributed by atoms with Crippen molar-refractivity contribution in [2.45, 2.75) is 30.2 Å². The number of hydrogen-bond acceptors (Lipinski definition) is 6. The van der Waals surface area contributed by atoms with Crippen LogP contribution >= 0.6 is 11.8 Å². The molecule has 1 unspecified atom stereocenters. The molecule has 0 fully saturated rings. The van der Waals surface area contributed by atoms with Crippen LogP contribution in [0.1, 0.15) is 18.2 Å². The van der Waals surface area contributed by atoms with E-state index in [1.165, 1.54) is 23.9 Å². The number of hydrogen-bond donors (Lipinski definition) is 0. The number of rotatable bonds is 8. The number of carbonyl (C=O) groups is 1. The Hall–Kier alpha value is -3.13. The lowest BCUT2D eigenvalue weighted by Gasteiger charge is -2.25. The molecular weight excluding hydrogens is 378 g/mol. The van der Waals surface area contributed by atoms with Crippen molar-refractivity contribution < 1.29 is 14.1 Å². The normalized spacial score (nSPS) is 11.8. The molecule has 7 nitrogen and oxygen atoms in total. The number of thioether (sulfide) groups is 1. The summed E-state index contributed by atoms with van der Waals surface area (Å²) < 4.78 is 5.41. The summed E-state index contributed by atoms with van der Waals surface area (Å²) in [5.41, 5.74) is 0.953. The van der Waals surface area contributed by atoms with Crippen molar-refractivity contribution in [3.8, 4) is 0 Å². The smallest absolute Gasteiger partial charge is 0.269 e. The van der Waals surface area contributed by atoms with Crippen molar-refractivity contribution in [3.63, 3.8) is 0 Å². The maximum atomic E-state index is 13.1. The predicted octanol–water partition coefficient (Wildman–Crippen LogP) is 4.29. The Bertz CT molecular complexity index is 914. The van der Waals surface area contributed by atoms with Crippen LogP contribution in [0.15, 0.2) is 76.5 Å². The summed E-state index contributed by atoms with van der Waals surface area (Å²) in [6, 6.07) is 13.6. The number of nitro benzene ring substituents is 1. The first kappa shape index (κ1) is 19.6. The van der Waals surface area contributed by atoms with Crippen LogP contribution in [0.25, 0.3) is 0 Å². The third-order valence-electron chi connectivity index (χ3n) is 4.04. The van der Waals surface area contributed by atoms with Crippen molar-refractivity contribution in [3.05, 3.63) is 88.6 Å². The zero-order valence-electron chi connectivity index (χ0n) is 15.2. The third kappa shape index (κ3) is 5.20. The van der Waals surface area contributed by atoms with Gasteiger partial charge in [0.25, 0.3) is 5.69 Å². The summed E-state index contributed by atoms with van der Waals surface area (Å²) in [5.74, 6) is 0.647. The van der Waals surface area contributed by atoms with Gasteiger partial charge in [-0.3, -0.25) is 19.9 Å². The first-order valence-corrected chi connectivity index (χ1v) is 9.52. The minimum absolute atomic E-state index is 0.0272. The number of non-ortho nitro benzene ring substituents is 1. The van der Waals surface area contributed by atoms with E-state index in [1.807, 2.05) is 25.1 Å². The lowest BCUT2D eigenvalue weighted by molar-refractivity contribution is -0.384. The van der Waals surface area contributed by atoms with E-state index < -0.39 is 4.92 Å². The summed E-state index contributed by atoms with van der Waals surface area (Å²) in [4.78, 5) is 30.1. The molecule has 28 heavy (non-hydrogen) atoms. The van der Waals surface area contributed by atoms with Crippen LogP contribution in [0, 0.1) is 10.1 Å². The van der Waals surface area contributed by atoms with Gasteiger partial charge < -0.3 is 9.32 Å². The number of amides is 1. The van der Waals surface area contributed by atoms with Crippen LogP contribution in [-0.4, -0.2) is 26.0 Å². The molecule has 3 rings (SSSR count). The number of nitro groups is 1. The fourth-order valence-corrected chi connectivity index (χ4v) is 3.62. The minimum Gasteiger partial charge on any atom is -0.467 e. The monoisotopic (exact) mass is 397 g/mol. The number of furan rings is 1. The lowest BCUT2D eigenvalue weighted by Crippen LogP contribution is -2.35. The predicted molar refractivity (Wildman–Crippen MR) is 106 cm³/mol. The molecule has 0 radical (unpaired) electrons. The van der Waals surface area contributed by atoms with E-state index >= 15 is 0 Å². The second-order valence-electron chi connectivity index (χ2n) is 6.15. The lowest BCUT2D eigenvalue weighted by atomic mass is 10.2. The fraction of sp³-hybridized carbons (Fsp3) is 0.200. The van der Waals surface area contributed by atoms with E-state index in [-0.39, 0.29) is 16.8 Å². The Morgan fingerprint density at radius 2 is 2.00 bits per heavy atom. The highest BCUT2D eigenvalue weighted by molar-refractivity contribution is 8.00. The molecule has 144 valence electrons. The molecule has 0 aliphatic carbocycles. The highest BCUT2D eigenvalue weighted by atomic mass is 32.2. The molecule has 0 aliphatic heterocycles. The van der Waals surface area contributed by atoms with Gasteiger partial charge in [0.1, 0.15) is 5.76 Å². The molecule has 3 aromatic rings. The van der Waals surface area contributed by atoms with Crippen molar-refractivity contribution in [2.24, 2.45) is 0 Å². The minimum atomic E-state index is -0.442. The van der Waals surface area contributed by atoms with Crippen molar-refractivity contribution in [1.82, 2.24) is 9.88 Å². The molecule has 0 aliphatic rings. The van der Waals surface area contributed by atoms with Gasteiger partial charge in [-0.1, -0.05) is 6.07 Å². The SMILES string of the molecule is CC(Sc1ccc([N+](=O)[O-])cc1)C(=O)N(Cc1cccnc1)Cc1ccco1. The molecule has 2 aromatic heterocycles. The van der Waals surface area contributed by atoms with Crippen molar-refractivity contribution in [1.29, 1.82) is 0 Å². The molecule has 0 saturated carbocycles. The van der Waals surface area contributed by atoms with Crippen LogP contribution in [0.4, 0.5) is 5.69 Å². The quantitative estimate of drug-likeness (QED) is 0.320. The Kier molecular flexibility index (Phi) is 6.44. The fourth-order valence-electron chi connectivity index (χ4n) is 2.67. The highest BCUT2D eigenvalue weighted by Crippen LogP contribution is 2.27. The zero-order chi connectivity index (χ0) is 19.9. The number of carbonyl (C=O) groups excluding carboxylic acids is 1. The van der Waals surface area contributed by atoms with Crippen LogP contribution in [0.2, 0.25) is 0 Å². The molecular formula is C20H19N3O4S. The first-order valence-electron chi connectivity index (χ1n) is 8.64. The van der Waals surface area contributed by atoms with Crippen molar-refractivity contribution in [2.75, 3.05) is 0 Å². The average molecular weight is 397 g/mol. The third-order valence-corrected chi connectivity index (χ3v) is 5.14. The van der Waals surface area contributed by atoms with Crippen LogP contribution < -0.4 is 0 Å². The van der Waals surface area contributed by atoms with Crippen LogP contribution in [0.5, 0.6) is 0 Å². The summed E-state index contributed by atoms with van der Waals surface area (Å²) in [6.07, 6.45) is 5.00. The molecule has 1 atom stereocenters. The maximum absolute atomic E-state index is 13.1. The number of aromatic nitrogens is 1. The van der Waals surface area contributed by atoms with Gasteiger partial charge >= 0.3 is 0 Å². The van der Waals surface area contributed by atoms with E-state index in [0.717, 1.165) is 10.5 Å². The Labute approximate surface area is 166 Å². The second kappa shape index (κ2) is 9.18. The zero-order valence-corrected chi connectivity index (χ0v) is 16.0. The number of benzene rings is 1. The topological polar surface area (TPSA) is 89.5 Å². The Morgan fingerprint density at radius 3 is 2.61 bits per heavy atom. The number of pyridine rings is 1. The maximum Gasteiger partial charge on any atom is 0.269 e. The highest BCUT2D eigenvalue weighted by Gasteiger charge is 2.23. The largest absolute Gasteiger partial charge is 0.467 e. The Balaban J connectivity index is 1.72. The average Bonchev–Trinajstić information content (AvgIpc) is 3.21. The molecule has 0 saturated heterocycles. The second-order valence-corrected chi connectivity index (χ2v) is 7.56. The van der Waals surface area contributed by atoms with Crippen LogP contribution in [0.3, 0.4) is 0 Å². The van der Waals surface area contributed by atoms with Gasteiger partial charge in [-0.25, -0.2) is 0 Å². The van der Waals surface area contributed by atoms with Gasteiger partial charge in [-0.2, -0.15) is 0 Å². The standard InChI is InChI=1S/C20H19N3O4S/c1-15(28-19-8-6-17(7-9-19)23(25)26)20(24)22(14-18-5-3-11-27-18)13-16-4-2-10-21-12-16/h2-12,15H,13-14H2,1H3. The summed E-state index contributed by atoms with van der Waals surface area (Å²) in [7, 11) is 0. The van der Waals surface area contributed by atoms with Gasteiger partial charge in [-0.05, 0) is 42.8 Å².